The molecule has 0 unspecified atom stereocenters. The highest BCUT2D eigenvalue weighted by atomic mass is 16.3. The highest BCUT2D eigenvalue weighted by Gasteiger charge is 2.27. The largest absolute Gasteiger partial charge is 0.508 e. The van der Waals surface area contributed by atoms with Crippen LogP contribution in [-0.2, 0) is 24.2 Å². The third kappa shape index (κ3) is 4.05. The Labute approximate surface area is 167 Å². The third-order valence-electron chi connectivity index (χ3n) is 5.14. The molecule has 0 bridgehead atoms. The summed E-state index contributed by atoms with van der Waals surface area (Å²) in [6, 6.07) is 15.4. The van der Waals surface area contributed by atoms with Crippen LogP contribution < -0.4 is 11.3 Å². The average Bonchev–Trinajstić information content (AvgIpc) is 2.75. The number of amides is 1. The summed E-state index contributed by atoms with van der Waals surface area (Å²) in [6.45, 7) is 0.700. The first-order valence-electron chi connectivity index (χ1n) is 9.51. The van der Waals surface area contributed by atoms with Gasteiger partial charge >= 0.3 is 0 Å². The van der Waals surface area contributed by atoms with Gasteiger partial charge in [0, 0.05) is 17.7 Å². The summed E-state index contributed by atoms with van der Waals surface area (Å²) >= 11 is 0. The molecule has 7 nitrogen and oxygen atoms in total. The van der Waals surface area contributed by atoms with Crippen LogP contribution in [0.3, 0.4) is 0 Å². The van der Waals surface area contributed by atoms with Gasteiger partial charge in [0.15, 0.2) is 0 Å². The molecular weight excluding hydrogens is 368 g/mol. The zero-order chi connectivity index (χ0) is 20.4. The Hall–Kier alpha value is -3.45. The number of nitrogens with one attached hydrogen (secondary N) is 1. The number of aromatic amines is 1. The molecule has 1 amide bonds. The van der Waals surface area contributed by atoms with Crippen LogP contribution in [0, 0.1) is 0 Å². The van der Waals surface area contributed by atoms with Gasteiger partial charge in [-0.3, -0.25) is 9.59 Å². The number of carbonyl (C=O) groups is 1. The van der Waals surface area contributed by atoms with Gasteiger partial charge in [0.25, 0.3) is 5.56 Å². The van der Waals surface area contributed by atoms with Crippen molar-refractivity contribution < 1.29 is 9.90 Å². The van der Waals surface area contributed by atoms with Crippen molar-refractivity contribution >= 4 is 5.91 Å². The molecule has 0 saturated carbocycles. The van der Waals surface area contributed by atoms with Crippen LogP contribution in [0.1, 0.15) is 16.8 Å². The molecule has 0 radical (unpaired) electrons. The van der Waals surface area contributed by atoms with Gasteiger partial charge in [-0.05, 0) is 30.5 Å². The van der Waals surface area contributed by atoms with Crippen molar-refractivity contribution in [1.82, 2.24) is 14.9 Å². The van der Waals surface area contributed by atoms with E-state index in [1.165, 1.54) is 0 Å². The van der Waals surface area contributed by atoms with E-state index in [-0.39, 0.29) is 23.8 Å². The summed E-state index contributed by atoms with van der Waals surface area (Å²) in [5.74, 6) is 0.496. The minimum absolute atomic E-state index is 0.158. The SMILES string of the molecule is N[C@@H](Cc1ccc(O)cc1)C(=O)N1CCc2c(nc(-c3ccccc3)[nH]c2=O)C1. The minimum Gasteiger partial charge on any atom is -0.508 e. The van der Waals surface area contributed by atoms with Gasteiger partial charge in [0.2, 0.25) is 5.91 Å². The molecule has 29 heavy (non-hydrogen) atoms. The Morgan fingerprint density at radius 2 is 1.90 bits per heavy atom. The molecule has 1 aromatic heterocycles. The third-order valence-corrected chi connectivity index (χ3v) is 5.14. The molecule has 1 atom stereocenters. The molecule has 0 fully saturated rings. The molecule has 1 aliphatic heterocycles. The van der Waals surface area contributed by atoms with Crippen LogP contribution in [0.5, 0.6) is 5.75 Å². The molecule has 148 valence electrons. The van der Waals surface area contributed by atoms with Crippen molar-refractivity contribution in [2.24, 2.45) is 5.73 Å². The van der Waals surface area contributed by atoms with E-state index in [4.69, 9.17) is 5.73 Å². The van der Waals surface area contributed by atoms with E-state index in [0.717, 1.165) is 11.1 Å². The van der Waals surface area contributed by atoms with Crippen LogP contribution in [-0.4, -0.2) is 38.5 Å². The Balaban J connectivity index is 1.52. The number of benzene rings is 2. The molecule has 3 aromatic rings. The van der Waals surface area contributed by atoms with Crippen LogP contribution in [0.4, 0.5) is 0 Å². The van der Waals surface area contributed by atoms with E-state index in [2.05, 4.69) is 9.97 Å². The number of aromatic hydroxyl groups is 1. The van der Waals surface area contributed by atoms with Crippen molar-refractivity contribution in [2.45, 2.75) is 25.4 Å². The summed E-state index contributed by atoms with van der Waals surface area (Å²) in [5, 5.41) is 9.38. The van der Waals surface area contributed by atoms with Crippen LogP contribution in [0.25, 0.3) is 11.4 Å². The lowest BCUT2D eigenvalue weighted by atomic mass is 10.0. The highest BCUT2D eigenvalue weighted by molar-refractivity contribution is 5.82. The number of nitrogens with two attached hydrogens (primary N) is 1. The first-order chi connectivity index (χ1) is 14.0. The molecule has 4 rings (SSSR count). The van der Waals surface area contributed by atoms with E-state index in [1.54, 1.807) is 29.2 Å². The second-order valence-electron chi connectivity index (χ2n) is 7.19. The minimum atomic E-state index is -0.698. The molecule has 0 aliphatic carbocycles. The summed E-state index contributed by atoms with van der Waals surface area (Å²) in [4.78, 5) is 34.5. The quantitative estimate of drug-likeness (QED) is 0.626. The van der Waals surface area contributed by atoms with Gasteiger partial charge in [-0.1, -0.05) is 42.5 Å². The second kappa shape index (κ2) is 7.89. The summed E-state index contributed by atoms with van der Waals surface area (Å²) in [6.07, 6.45) is 0.824. The fourth-order valence-electron chi connectivity index (χ4n) is 3.57. The maximum absolute atomic E-state index is 12.9. The Morgan fingerprint density at radius 1 is 1.17 bits per heavy atom. The molecule has 2 aromatic carbocycles. The topological polar surface area (TPSA) is 112 Å². The van der Waals surface area contributed by atoms with E-state index < -0.39 is 6.04 Å². The monoisotopic (exact) mass is 390 g/mol. The molecule has 4 N–H and O–H groups in total. The van der Waals surface area contributed by atoms with Gasteiger partial charge in [0.1, 0.15) is 11.6 Å². The second-order valence-corrected chi connectivity index (χ2v) is 7.19. The zero-order valence-electron chi connectivity index (χ0n) is 15.8. The van der Waals surface area contributed by atoms with Gasteiger partial charge in [-0.15, -0.1) is 0 Å². The lowest BCUT2D eigenvalue weighted by molar-refractivity contribution is -0.133. The van der Waals surface area contributed by atoms with E-state index >= 15 is 0 Å². The smallest absolute Gasteiger partial charge is 0.254 e. The predicted molar refractivity (Wildman–Crippen MR) is 109 cm³/mol. The molecule has 2 heterocycles. The number of hydrogen-bond acceptors (Lipinski definition) is 5. The fourth-order valence-corrected chi connectivity index (χ4v) is 3.57. The van der Waals surface area contributed by atoms with Crippen molar-refractivity contribution in [3.05, 3.63) is 81.8 Å². The highest BCUT2D eigenvalue weighted by Crippen LogP contribution is 2.19. The Morgan fingerprint density at radius 3 is 2.62 bits per heavy atom. The maximum Gasteiger partial charge on any atom is 0.254 e. The van der Waals surface area contributed by atoms with Gasteiger partial charge in [0.05, 0.1) is 18.3 Å². The van der Waals surface area contributed by atoms with E-state index in [1.807, 2.05) is 30.3 Å². The average molecular weight is 390 g/mol. The number of rotatable bonds is 4. The number of phenolic OH excluding ortho intramolecular Hbond substituents is 1. The number of nitrogens with zero attached hydrogens (tertiary/aromatic N) is 2. The van der Waals surface area contributed by atoms with Crippen LogP contribution in [0.2, 0.25) is 0 Å². The van der Waals surface area contributed by atoms with E-state index in [0.29, 0.717) is 36.5 Å². The molecule has 0 saturated heterocycles. The normalized spacial score (nSPS) is 14.3. The van der Waals surface area contributed by atoms with Crippen molar-refractivity contribution in [1.29, 1.82) is 0 Å². The van der Waals surface area contributed by atoms with Crippen LogP contribution in [0.15, 0.2) is 59.4 Å². The van der Waals surface area contributed by atoms with Gasteiger partial charge in [-0.2, -0.15) is 0 Å². The summed E-state index contributed by atoms with van der Waals surface area (Å²) in [7, 11) is 0. The van der Waals surface area contributed by atoms with Crippen molar-refractivity contribution in [3.8, 4) is 17.1 Å². The standard InChI is InChI=1S/C22H22N4O3/c23-18(12-14-6-8-16(27)9-7-14)22(29)26-11-10-17-19(13-26)24-20(25-21(17)28)15-4-2-1-3-5-15/h1-9,18,27H,10-13,23H2,(H,24,25,28)/t18-/m0/s1. The summed E-state index contributed by atoms with van der Waals surface area (Å²) < 4.78 is 0. The lowest BCUT2D eigenvalue weighted by Crippen LogP contribution is -2.47. The number of hydrogen-bond donors (Lipinski definition) is 3. The first-order valence-corrected chi connectivity index (χ1v) is 9.51. The predicted octanol–water partition coefficient (Wildman–Crippen LogP) is 1.60. The Kier molecular flexibility index (Phi) is 5.14. The first kappa shape index (κ1) is 18.9. The van der Waals surface area contributed by atoms with Gasteiger partial charge in [-0.25, -0.2) is 4.98 Å². The molecule has 7 heteroatoms. The lowest BCUT2D eigenvalue weighted by Gasteiger charge is -2.30. The number of H-pyrrole nitrogens is 1. The van der Waals surface area contributed by atoms with Crippen molar-refractivity contribution in [3.63, 3.8) is 0 Å². The van der Waals surface area contributed by atoms with E-state index in [9.17, 15) is 14.7 Å². The number of phenols is 1. The Bertz CT molecular complexity index is 1080. The van der Waals surface area contributed by atoms with Crippen molar-refractivity contribution in [2.75, 3.05) is 6.54 Å². The number of carbonyl (C=O) groups excluding carboxylic acids is 1. The summed E-state index contributed by atoms with van der Waals surface area (Å²) in [5.41, 5.74) is 8.93. The van der Waals surface area contributed by atoms with Crippen LogP contribution >= 0.6 is 0 Å². The molecule has 1 aliphatic rings. The maximum atomic E-state index is 12.9. The number of aromatic nitrogens is 2. The molecule has 0 spiro atoms. The fraction of sp³-hybridized carbons (Fsp3) is 0.227. The molecular formula is C22H22N4O3. The number of fused-ring (bicyclic) bond motifs is 1. The van der Waals surface area contributed by atoms with Gasteiger partial charge < -0.3 is 20.7 Å². The zero-order valence-corrected chi connectivity index (χ0v) is 15.8.